The first kappa shape index (κ1) is 13.3. The van der Waals surface area contributed by atoms with Crippen molar-refractivity contribution in [2.45, 2.75) is 37.7 Å². The summed E-state index contributed by atoms with van der Waals surface area (Å²) in [5, 5.41) is 3.48. The minimum absolute atomic E-state index is 0.434. The van der Waals surface area contributed by atoms with Crippen molar-refractivity contribution in [2.75, 3.05) is 24.6 Å². The van der Waals surface area contributed by atoms with E-state index in [2.05, 4.69) is 29.6 Å². The maximum atomic E-state index is 6.07. The molecule has 0 aliphatic carbocycles. The molecular formula is C16H23NOS. The van der Waals surface area contributed by atoms with Crippen LogP contribution in [-0.2, 0) is 0 Å². The van der Waals surface area contributed by atoms with E-state index in [0.717, 1.165) is 12.3 Å². The zero-order valence-corrected chi connectivity index (χ0v) is 12.3. The van der Waals surface area contributed by atoms with Gasteiger partial charge in [-0.1, -0.05) is 12.1 Å². The van der Waals surface area contributed by atoms with Crippen LogP contribution in [-0.4, -0.2) is 30.7 Å². The monoisotopic (exact) mass is 277 g/mol. The summed E-state index contributed by atoms with van der Waals surface area (Å²) in [5.41, 5.74) is 1.46. The molecular weight excluding hydrogens is 254 g/mol. The molecule has 2 fully saturated rings. The molecule has 1 unspecified atom stereocenters. The summed E-state index contributed by atoms with van der Waals surface area (Å²) in [5.74, 6) is 4.23. The Labute approximate surface area is 120 Å². The molecule has 1 aromatic rings. The van der Waals surface area contributed by atoms with Crippen molar-refractivity contribution in [1.82, 2.24) is 5.32 Å². The first-order valence-corrected chi connectivity index (χ1v) is 8.62. The molecule has 0 spiro atoms. The van der Waals surface area contributed by atoms with Crippen LogP contribution in [0.5, 0.6) is 5.75 Å². The Morgan fingerprint density at radius 3 is 2.53 bits per heavy atom. The van der Waals surface area contributed by atoms with Gasteiger partial charge in [0.15, 0.2) is 0 Å². The molecule has 19 heavy (non-hydrogen) atoms. The summed E-state index contributed by atoms with van der Waals surface area (Å²) in [6, 6.07) is 8.83. The standard InChI is InChI=1S/C16H23NOS/c1-2-14(12-17-9-1)13-3-5-15(6-4-13)18-16-7-10-19-11-8-16/h3-6,14,16-17H,1-2,7-12H2. The third-order valence-electron chi connectivity index (χ3n) is 4.12. The number of hydrogen-bond donors (Lipinski definition) is 1. The number of hydrogen-bond acceptors (Lipinski definition) is 3. The van der Waals surface area contributed by atoms with E-state index in [9.17, 15) is 0 Å². The van der Waals surface area contributed by atoms with Gasteiger partial charge in [0.2, 0.25) is 0 Å². The summed E-state index contributed by atoms with van der Waals surface area (Å²) in [6.07, 6.45) is 5.43. The van der Waals surface area contributed by atoms with Gasteiger partial charge in [0.25, 0.3) is 0 Å². The zero-order valence-electron chi connectivity index (χ0n) is 11.4. The van der Waals surface area contributed by atoms with Gasteiger partial charge in [-0.15, -0.1) is 0 Å². The maximum Gasteiger partial charge on any atom is 0.119 e. The molecule has 2 heterocycles. The fraction of sp³-hybridized carbons (Fsp3) is 0.625. The van der Waals surface area contributed by atoms with Crippen LogP contribution < -0.4 is 10.1 Å². The van der Waals surface area contributed by atoms with Crippen molar-refractivity contribution in [3.63, 3.8) is 0 Å². The molecule has 1 N–H and O–H groups in total. The van der Waals surface area contributed by atoms with E-state index in [4.69, 9.17) is 4.74 Å². The Hall–Kier alpha value is -0.670. The molecule has 0 amide bonds. The predicted octanol–water partition coefficient (Wildman–Crippen LogP) is 3.43. The van der Waals surface area contributed by atoms with Crippen molar-refractivity contribution in [3.8, 4) is 5.75 Å². The highest BCUT2D eigenvalue weighted by Crippen LogP contribution is 2.27. The minimum atomic E-state index is 0.434. The number of rotatable bonds is 3. The smallest absolute Gasteiger partial charge is 0.119 e. The van der Waals surface area contributed by atoms with Gasteiger partial charge in [-0.05, 0) is 67.3 Å². The molecule has 0 aromatic heterocycles. The van der Waals surface area contributed by atoms with Gasteiger partial charge in [-0.2, -0.15) is 11.8 Å². The fourth-order valence-electron chi connectivity index (χ4n) is 2.94. The fourth-order valence-corrected chi connectivity index (χ4v) is 4.00. The van der Waals surface area contributed by atoms with E-state index in [1.165, 1.54) is 49.3 Å². The third kappa shape index (κ3) is 3.67. The third-order valence-corrected chi connectivity index (χ3v) is 5.17. The first-order chi connectivity index (χ1) is 9.42. The molecule has 1 atom stereocenters. The SMILES string of the molecule is c1cc(C2CCCNC2)ccc1OC1CCSCC1. The summed E-state index contributed by atoms with van der Waals surface area (Å²) in [4.78, 5) is 0. The number of benzene rings is 1. The van der Waals surface area contributed by atoms with Gasteiger partial charge in [-0.3, -0.25) is 0 Å². The zero-order chi connectivity index (χ0) is 12.9. The summed E-state index contributed by atoms with van der Waals surface area (Å²) < 4.78 is 6.07. The molecule has 104 valence electrons. The van der Waals surface area contributed by atoms with Crippen molar-refractivity contribution in [3.05, 3.63) is 29.8 Å². The Morgan fingerprint density at radius 2 is 1.84 bits per heavy atom. The van der Waals surface area contributed by atoms with E-state index in [1.54, 1.807) is 0 Å². The lowest BCUT2D eigenvalue weighted by Crippen LogP contribution is -2.28. The molecule has 2 nitrogen and oxygen atoms in total. The quantitative estimate of drug-likeness (QED) is 0.914. The molecule has 3 heteroatoms. The number of nitrogens with one attached hydrogen (secondary N) is 1. The van der Waals surface area contributed by atoms with E-state index in [0.29, 0.717) is 12.0 Å². The second-order valence-electron chi connectivity index (χ2n) is 5.54. The van der Waals surface area contributed by atoms with E-state index in [-0.39, 0.29) is 0 Å². The van der Waals surface area contributed by atoms with Crippen LogP contribution in [0.1, 0.15) is 37.2 Å². The van der Waals surface area contributed by atoms with Crippen LogP contribution in [0, 0.1) is 0 Å². The molecule has 0 saturated carbocycles. The minimum Gasteiger partial charge on any atom is -0.490 e. The molecule has 0 radical (unpaired) electrons. The molecule has 2 aliphatic rings. The van der Waals surface area contributed by atoms with Gasteiger partial charge in [0, 0.05) is 6.54 Å². The lowest BCUT2D eigenvalue weighted by Gasteiger charge is -2.25. The van der Waals surface area contributed by atoms with Crippen molar-refractivity contribution in [2.24, 2.45) is 0 Å². The molecule has 1 aromatic carbocycles. The molecule has 0 bridgehead atoms. The van der Waals surface area contributed by atoms with Gasteiger partial charge >= 0.3 is 0 Å². The predicted molar refractivity (Wildman–Crippen MR) is 82.3 cm³/mol. The molecule has 3 rings (SSSR count). The van der Waals surface area contributed by atoms with Crippen LogP contribution in [0.15, 0.2) is 24.3 Å². The normalized spacial score (nSPS) is 25.2. The molecule has 2 aliphatic heterocycles. The highest BCUT2D eigenvalue weighted by molar-refractivity contribution is 7.99. The van der Waals surface area contributed by atoms with Crippen molar-refractivity contribution in [1.29, 1.82) is 0 Å². The lowest BCUT2D eigenvalue weighted by atomic mass is 9.92. The van der Waals surface area contributed by atoms with Crippen LogP contribution in [0.3, 0.4) is 0 Å². The average Bonchev–Trinajstić information content (AvgIpc) is 2.50. The Kier molecular flexibility index (Phi) is 4.67. The van der Waals surface area contributed by atoms with Gasteiger partial charge < -0.3 is 10.1 Å². The van der Waals surface area contributed by atoms with Crippen LogP contribution in [0.25, 0.3) is 0 Å². The topological polar surface area (TPSA) is 21.3 Å². The number of ether oxygens (including phenoxy) is 1. The van der Waals surface area contributed by atoms with Crippen molar-refractivity contribution < 1.29 is 4.74 Å². The van der Waals surface area contributed by atoms with Crippen LogP contribution in [0.4, 0.5) is 0 Å². The first-order valence-electron chi connectivity index (χ1n) is 7.47. The maximum absolute atomic E-state index is 6.07. The Bertz CT molecular complexity index is 380. The number of thioether (sulfide) groups is 1. The summed E-state index contributed by atoms with van der Waals surface area (Å²) in [7, 11) is 0. The van der Waals surface area contributed by atoms with Gasteiger partial charge in [0.05, 0.1) is 0 Å². The van der Waals surface area contributed by atoms with Crippen LogP contribution >= 0.6 is 11.8 Å². The highest BCUT2D eigenvalue weighted by Gasteiger charge is 2.17. The average molecular weight is 277 g/mol. The van der Waals surface area contributed by atoms with Crippen LogP contribution in [0.2, 0.25) is 0 Å². The highest BCUT2D eigenvalue weighted by atomic mass is 32.2. The Balaban J connectivity index is 1.58. The van der Waals surface area contributed by atoms with E-state index >= 15 is 0 Å². The lowest BCUT2D eigenvalue weighted by molar-refractivity contribution is 0.192. The van der Waals surface area contributed by atoms with E-state index < -0.39 is 0 Å². The summed E-state index contributed by atoms with van der Waals surface area (Å²) >= 11 is 2.04. The second-order valence-corrected chi connectivity index (χ2v) is 6.77. The second kappa shape index (κ2) is 6.67. The van der Waals surface area contributed by atoms with Gasteiger partial charge in [-0.25, -0.2) is 0 Å². The van der Waals surface area contributed by atoms with Crippen molar-refractivity contribution >= 4 is 11.8 Å². The molecule has 2 saturated heterocycles. The summed E-state index contributed by atoms with van der Waals surface area (Å²) in [6.45, 7) is 2.30. The van der Waals surface area contributed by atoms with Gasteiger partial charge in [0.1, 0.15) is 11.9 Å². The largest absolute Gasteiger partial charge is 0.490 e. The number of piperidine rings is 1. The Morgan fingerprint density at radius 1 is 1.05 bits per heavy atom. The van der Waals surface area contributed by atoms with E-state index in [1.807, 2.05) is 11.8 Å².